The van der Waals surface area contributed by atoms with Crippen molar-refractivity contribution < 1.29 is 0 Å². The van der Waals surface area contributed by atoms with Crippen molar-refractivity contribution in [2.24, 2.45) is 5.84 Å². The number of rotatable bonds is 10. The lowest BCUT2D eigenvalue weighted by Crippen LogP contribution is -2.34. The average molecular weight is 511 g/mol. The topological polar surface area (TPSA) is 133 Å². The van der Waals surface area contributed by atoms with E-state index in [9.17, 15) is 0 Å². The third-order valence-corrected chi connectivity index (χ3v) is 7.73. The predicted octanol–water partition coefficient (Wildman–Crippen LogP) is 4.61. The molecule has 0 spiro atoms. The Hall–Kier alpha value is -3.88. The van der Waals surface area contributed by atoms with E-state index in [1.807, 2.05) is 35.1 Å². The minimum absolute atomic E-state index is 0.00470. The molecule has 5 rings (SSSR count). The van der Waals surface area contributed by atoms with Crippen LogP contribution in [-0.4, -0.2) is 27.4 Å². The Morgan fingerprint density at radius 1 is 0.947 bits per heavy atom. The van der Waals surface area contributed by atoms with E-state index < -0.39 is 0 Å². The number of hydrogen-bond donors (Lipinski definition) is 5. The molecule has 0 radical (unpaired) electrons. The predicted molar refractivity (Wildman–Crippen MR) is 155 cm³/mol. The molecule has 0 bridgehead atoms. The quantitative estimate of drug-likeness (QED) is 0.155. The minimum atomic E-state index is 0.00470. The summed E-state index contributed by atoms with van der Waals surface area (Å²) in [4.78, 5) is 4.25. The number of nitrogens with zero attached hydrogens (tertiary/aromatic N) is 3. The van der Waals surface area contributed by atoms with Gasteiger partial charge in [-0.1, -0.05) is 60.7 Å². The van der Waals surface area contributed by atoms with Crippen molar-refractivity contribution in [2.75, 3.05) is 23.4 Å². The highest BCUT2D eigenvalue weighted by Crippen LogP contribution is 2.36. The Bertz CT molecular complexity index is 1300. The molecule has 2 aromatic heterocycles. The van der Waals surface area contributed by atoms with Gasteiger partial charge in [-0.05, 0) is 72.9 Å². The number of anilines is 3. The molecule has 38 heavy (non-hydrogen) atoms. The first kappa shape index (κ1) is 25.8. The maximum atomic E-state index is 6.51. The number of hydrogen-bond acceptors (Lipinski definition) is 7. The van der Waals surface area contributed by atoms with Gasteiger partial charge in [0.25, 0.3) is 0 Å². The van der Waals surface area contributed by atoms with Crippen LogP contribution >= 0.6 is 0 Å². The Morgan fingerprint density at radius 3 is 2.37 bits per heavy atom. The number of benzene rings is 2. The van der Waals surface area contributed by atoms with Gasteiger partial charge in [0.1, 0.15) is 5.82 Å². The van der Waals surface area contributed by atoms with E-state index in [-0.39, 0.29) is 5.92 Å². The zero-order valence-corrected chi connectivity index (χ0v) is 21.8. The van der Waals surface area contributed by atoms with Gasteiger partial charge >= 0.3 is 0 Å². The minimum Gasteiger partial charge on any atom is -0.395 e. The average Bonchev–Trinajstić information content (AvgIpc) is 3.41. The van der Waals surface area contributed by atoms with Crippen LogP contribution in [0.2, 0.25) is 0 Å². The Kier molecular flexibility index (Phi) is 8.21. The molecule has 1 saturated carbocycles. The van der Waals surface area contributed by atoms with E-state index in [2.05, 4.69) is 69.5 Å². The van der Waals surface area contributed by atoms with Crippen molar-refractivity contribution in [3.63, 3.8) is 0 Å². The smallest absolute Gasteiger partial charge is 0.165 e. The van der Waals surface area contributed by atoms with Gasteiger partial charge in [-0.25, -0.2) is 10.8 Å². The van der Waals surface area contributed by atoms with Crippen molar-refractivity contribution in [3.05, 3.63) is 101 Å². The third kappa shape index (κ3) is 6.15. The molecular weight excluding hydrogens is 472 g/mol. The van der Waals surface area contributed by atoms with Crippen LogP contribution in [0.4, 0.5) is 17.3 Å². The molecule has 0 aliphatic heterocycles. The normalized spacial score (nSPS) is 18.2. The number of pyridine rings is 1. The molecule has 2 heterocycles. The first-order chi connectivity index (χ1) is 18.6. The molecule has 2 aromatic carbocycles. The van der Waals surface area contributed by atoms with E-state index >= 15 is 0 Å². The van der Waals surface area contributed by atoms with E-state index in [0.29, 0.717) is 35.8 Å². The van der Waals surface area contributed by atoms with Crippen molar-refractivity contribution in [3.8, 4) is 0 Å². The summed E-state index contributed by atoms with van der Waals surface area (Å²) < 4.78 is 1.97. The highest BCUT2D eigenvalue weighted by atomic mass is 15.3. The largest absolute Gasteiger partial charge is 0.395 e. The molecule has 0 saturated heterocycles. The van der Waals surface area contributed by atoms with Gasteiger partial charge in [0.05, 0.1) is 18.4 Å². The summed E-state index contributed by atoms with van der Waals surface area (Å²) in [6.07, 6.45) is 9.70. The van der Waals surface area contributed by atoms with Crippen LogP contribution in [0.15, 0.2) is 79.1 Å². The Balaban J connectivity index is 1.28. The molecule has 0 amide bonds. The number of nitrogen functional groups attached to an aromatic ring is 3. The van der Waals surface area contributed by atoms with E-state index in [1.165, 1.54) is 36.8 Å². The molecule has 4 aromatic rings. The van der Waals surface area contributed by atoms with Crippen molar-refractivity contribution in [1.82, 2.24) is 20.1 Å². The fraction of sp³-hybridized carbons (Fsp3) is 0.333. The maximum Gasteiger partial charge on any atom is 0.165 e. The van der Waals surface area contributed by atoms with Crippen LogP contribution < -0.4 is 28.1 Å². The van der Waals surface area contributed by atoms with Gasteiger partial charge in [0.2, 0.25) is 0 Å². The second-order valence-electron chi connectivity index (χ2n) is 10.3. The first-order valence-corrected chi connectivity index (χ1v) is 13.5. The van der Waals surface area contributed by atoms with Crippen molar-refractivity contribution in [2.45, 2.75) is 56.5 Å². The summed E-state index contributed by atoms with van der Waals surface area (Å²) in [5.74, 6) is 7.14. The number of hydrazine groups is 1. The molecular formula is C30H38N8. The molecule has 8 heteroatoms. The molecule has 1 aliphatic rings. The SMILES string of the molecule is NNc1nc(N)cc(C(CCNC2CCC(c3ccccc3)CC2)c2cnn(Cc3ccccc3)c2)c1N. The number of nitrogens with one attached hydrogen (secondary N) is 2. The van der Waals surface area contributed by atoms with Crippen LogP contribution in [0.25, 0.3) is 0 Å². The second kappa shape index (κ2) is 12.1. The summed E-state index contributed by atoms with van der Waals surface area (Å²) in [7, 11) is 0. The number of nitrogens with two attached hydrogens (primary N) is 3. The summed E-state index contributed by atoms with van der Waals surface area (Å²) in [5, 5.41) is 8.47. The maximum absolute atomic E-state index is 6.51. The molecule has 8 nitrogen and oxygen atoms in total. The highest BCUT2D eigenvalue weighted by Gasteiger charge is 2.24. The van der Waals surface area contributed by atoms with Crippen molar-refractivity contribution >= 4 is 17.3 Å². The van der Waals surface area contributed by atoms with Gasteiger partial charge < -0.3 is 22.2 Å². The van der Waals surface area contributed by atoms with Gasteiger partial charge in [0, 0.05) is 18.2 Å². The van der Waals surface area contributed by atoms with Crippen LogP contribution in [0.5, 0.6) is 0 Å². The standard InChI is InChI=1S/C30H38N8/c31-28-17-27(29(32)30(36-28)37-33)26(24-18-35-38(20-24)19-21-7-3-1-4-8-21)15-16-34-25-13-11-23(12-14-25)22-9-5-2-6-10-22/h1-10,17-18,20,23,25-26,34H,11-16,19,32-33H2,(H3,31,36,37). The van der Waals surface area contributed by atoms with E-state index in [0.717, 1.165) is 24.1 Å². The molecule has 8 N–H and O–H groups in total. The lowest BCUT2D eigenvalue weighted by atomic mass is 9.81. The van der Waals surface area contributed by atoms with Gasteiger partial charge in [-0.15, -0.1) is 0 Å². The van der Waals surface area contributed by atoms with Crippen LogP contribution in [0.3, 0.4) is 0 Å². The molecule has 1 fully saturated rings. The highest BCUT2D eigenvalue weighted by molar-refractivity contribution is 5.70. The monoisotopic (exact) mass is 510 g/mol. The Morgan fingerprint density at radius 2 is 1.66 bits per heavy atom. The fourth-order valence-electron chi connectivity index (χ4n) is 5.70. The summed E-state index contributed by atoms with van der Waals surface area (Å²) in [6, 6.07) is 23.6. The van der Waals surface area contributed by atoms with Crippen LogP contribution in [0.1, 0.15) is 66.2 Å². The second-order valence-corrected chi connectivity index (χ2v) is 10.3. The molecule has 1 unspecified atom stereocenters. The van der Waals surface area contributed by atoms with Crippen molar-refractivity contribution in [1.29, 1.82) is 0 Å². The van der Waals surface area contributed by atoms with Gasteiger partial charge in [0.15, 0.2) is 5.82 Å². The lowest BCUT2D eigenvalue weighted by molar-refractivity contribution is 0.340. The molecule has 1 atom stereocenters. The van der Waals surface area contributed by atoms with E-state index in [4.69, 9.17) is 17.3 Å². The van der Waals surface area contributed by atoms with Gasteiger partial charge in [-0.3, -0.25) is 4.68 Å². The zero-order chi connectivity index (χ0) is 26.3. The third-order valence-electron chi connectivity index (χ3n) is 7.73. The van der Waals surface area contributed by atoms with E-state index in [1.54, 1.807) is 0 Å². The molecule has 198 valence electrons. The molecule has 1 aliphatic carbocycles. The number of aromatic nitrogens is 3. The fourth-order valence-corrected chi connectivity index (χ4v) is 5.70. The Labute approximate surface area is 224 Å². The summed E-state index contributed by atoms with van der Waals surface area (Å²) in [6.45, 7) is 1.57. The van der Waals surface area contributed by atoms with Gasteiger partial charge in [-0.2, -0.15) is 5.10 Å². The van der Waals surface area contributed by atoms with Crippen LogP contribution in [-0.2, 0) is 6.54 Å². The summed E-state index contributed by atoms with van der Waals surface area (Å²) in [5.41, 5.74) is 20.4. The zero-order valence-electron chi connectivity index (χ0n) is 21.8. The summed E-state index contributed by atoms with van der Waals surface area (Å²) >= 11 is 0. The lowest BCUT2D eigenvalue weighted by Gasteiger charge is -2.30. The first-order valence-electron chi connectivity index (χ1n) is 13.5. The van der Waals surface area contributed by atoms with Crippen LogP contribution in [0, 0.1) is 0 Å².